The molecule has 2 nitrogen and oxygen atoms in total. The van der Waals surface area contributed by atoms with Gasteiger partial charge in [-0.3, -0.25) is 0 Å². The number of hydrogen-bond acceptors (Lipinski definition) is 4. The Kier molecular flexibility index (Phi) is 10.4. The molecule has 0 aliphatic heterocycles. The van der Waals surface area contributed by atoms with Crippen molar-refractivity contribution in [1.82, 2.24) is 10.6 Å². The Labute approximate surface area is 105 Å². The smallest absolute Gasteiger partial charge is 0.144 e. The molecule has 14 heavy (non-hydrogen) atoms. The quantitative estimate of drug-likeness (QED) is 0.601. The van der Waals surface area contributed by atoms with Crippen molar-refractivity contribution in [3.63, 3.8) is 0 Å². The van der Waals surface area contributed by atoms with Gasteiger partial charge in [-0.15, -0.1) is 0 Å². The van der Waals surface area contributed by atoms with Crippen LogP contribution in [0.3, 0.4) is 0 Å². The van der Waals surface area contributed by atoms with Crippen molar-refractivity contribution < 1.29 is 0 Å². The van der Waals surface area contributed by atoms with Gasteiger partial charge >= 0.3 is 0 Å². The minimum atomic E-state index is 0.803. The van der Waals surface area contributed by atoms with Gasteiger partial charge in [-0.1, -0.05) is 38.3 Å². The summed E-state index contributed by atoms with van der Waals surface area (Å²) in [6, 6.07) is 0. The Balaban J connectivity index is 3.41. The lowest BCUT2D eigenvalue weighted by Crippen LogP contribution is -2.21. The van der Waals surface area contributed by atoms with Crippen molar-refractivity contribution in [1.29, 1.82) is 0 Å². The van der Waals surface area contributed by atoms with Crippen LogP contribution in [0.1, 0.15) is 26.7 Å². The molecule has 0 saturated carbocycles. The normalized spacial score (nSPS) is 9.57. The average Bonchev–Trinajstić information content (AvgIpc) is 2.20. The molecule has 0 aromatic heterocycles. The van der Waals surface area contributed by atoms with Gasteiger partial charge in [0.1, 0.15) is 8.64 Å². The third-order valence-electron chi connectivity index (χ3n) is 1.23. The third kappa shape index (κ3) is 9.05. The van der Waals surface area contributed by atoms with Crippen molar-refractivity contribution >= 4 is 54.7 Å². The van der Waals surface area contributed by atoms with E-state index in [-0.39, 0.29) is 0 Å². The van der Waals surface area contributed by atoms with E-state index in [0.717, 1.165) is 34.6 Å². The van der Waals surface area contributed by atoms with Gasteiger partial charge in [0, 0.05) is 13.1 Å². The van der Waals surface area contributed by atoms with E-state index in [2.05, 4.69) is 24.5 Å². The molecule has 0 bridgehead atoms. The molecule has 0 aromatic carbocycles. The second-order valence-electron chi connectivity index (χ2n) is 2.60. The van der Waals surface area contributed by atoms with Crippen LogP contribution in [-0.2, 0) is 0 Å². The van der Waals surface area contributed by atoms with Crippen LogP contribution >= 0.6 is 46.0 Å². The van der Waals surface area contributed by atoms with Gasteiger partial charge < -0.3 is 10.6 Å². The summed E-state index contributed by atoms with van der Waals surface area (Å²) in [6.07, 6.45) is 2.17. The van der Waals surface area contributed by atoms with Crippen LogP contribution in [-0.4, -0.2) is 21.7 Å². The van der Waals surface area contributed by atoms with Gasteiger partial charge in [0.15, 0.2) is 0 Å². The maximum atomic E-state index is 5.09. The lowest BCUT2D eigenvalue weighted by Gasteiger charge is -2.06. The summed E-state index contributed by atoms with van der Waals surface area (Å²) < 4.78 is 1.61. The highest BCUT2D eigenvalue weighted by Crippen LogP contribution is 2.22. The topological polar surface area (TPSA) is 24.1 Å². The first-order valence-corrected chi connectivity index (χ1v) is 7.57. The van der Waals surface area contributed by atoms with E-state index >= 15 is 0 Å². The van der Waals surface area contributed by atoms with Crippen LogP contribution in [0.5, 0.6) is 0 Å². The summed E-state index contributed by atoms with van der Waals surface area (Å²) >= 11 is 10.2. The largest absolute Gasteiger partial charge is 0.370 e. The third-order valence-corrected chi connectivity index (χ3v) is 4.58. The molecule has 6 heteroatoms. The maximum absolute atomic E-state index is 5.09. The van der Waals surface area contributed by atoms with E-state index < -0.39 is 0 Å². The van der Waals surface area contributed by atoms with Crippen LogP contribution < -0.4 is 10.6 Å². The number of nitrogens with one attached hydrogen (secondary N) is 2. The monoisotopic (exact) mass is 268 g/mol. The molecule has 0 aliphatic rings. The molecule has 0 aliphatic carbocycles. The van der Waals surface area contributed by atoms with E-state index in [4.69, 9.17) is 24.4 Å². The molecule has 0 amide bonds. The second kappa shape index (κ2) is 10.0. The van der Waals surface area contributed by atoms with Gasteiger partial charge in [0.2, 0.25) is 0 Å². The summed E-state index contributed by atoms with van der Waals surface area (Å²) in [5.74, 6) is 0. The van der Waals surface area contributed by atoms with E-state index in [0.29, 0.717) is 0 Å². The fourth-order valence-corrected chi connectivity index (χ4v) is 2.69. The summed E-state index contributed by atoms with van der Waals surface area (Å²) in [7, 11) is 3.02. The fourth-order valence-electron chi connectivity index (χ4n) is 0.589. The Bertz CT molecular complexity index is 164. The molecule has 0 atom stereocenters. The Morgan fingerprint density at radius 2 is 1.29 bits per heavy atom. The highest BCUT2D eigenvalue weighted by atomic mass is 33.1. The van der Waals surface area contributed by atoms with Crippen molar-refractivity contribution in [3.05, 3.63) is 0 Å². The summed E-state index contributed by atoms with van der Waals surface area (Å²) in [4.78, 5) is 0. The van der Waals surface area contributed by atoms with Crippen molar-refractivity contribution in [2.45, 2.75) is 26.7 Å². The van der Waals surface area contributed by atoms with Crippen LogP contribution in [0.2, 0.25) is 0 Å². The lowest BCUT2D eigenvalue weighted by molar-refractivity contribution is 0.854. The average molecular weight is 268 g/mol. The molecule has 0 rings (SSSR count). The van der Waals surface area contributed by atoms with Crippen LogP contribution in [0, 0.1) is 0 Å². The molecule has 0 heterocycles. The highest BCUT2D eigenvalue weighted by Gasteiger charge is 2.00. The second-order valence-corrected chi connectivity index (χ2v) is 6.08. The van der Waals surface area contributed by atoms with E-state index in [1.807, 2.05) is 0 Å². The zero-order chi connectivity index (χ0) is 10.8. The fraction of sp³-hybridized carbons (Fsp3) is 0.750. The number of rotatable bonds is 4. The van der Waals surface area contributed by atoms with E-state index in [9.17, 15) is 0 Å². The molecule has 2 N–H and O–H groups in total. The molecular formula is C8H16N2S4. The molecule has 0 saturated heterocycles. The van der Waals surface area contributed by atoms with Gasteiger partial charge in [-0.05, 0) is 34.4 Å². The van der Waals surface area contributed by atoms with E-state index in [1.54, 1.807) is 0 Å². The molecule has 0 fully saturated rings. The first-order valence-electron chi connectivity index (χ1n) is 4.60. The first-order chi connectivity index (χ1) is 6.70. The number of hydrogen-bond donors (Lipinski definition) is 2. The summed E-state index contributed by atoms with van der Waals surface area (Å²) in [5, 5.41) is 6.26. The Hall–Kier alpha value is 0.480. The maximum Gasteiger partial charge on any atom is 0.144 e. The molecule has 0 aromatic rings. The minimum Gasteiger partial charge on any atom is -0.370 e. The van der Waals surface area contributed by atoms with Crippen molar-refractivity contribution in [3.8, 4) is 0 Å². The van der Waals surface area contributed by atoms with Crippen LogP contribution in [0.4, 0.5) is 0 Å². The predicted octanol–water partition coefficient (Wildman–Crippen LogP) is 2.94. The molecule has 0 spiro atoms. The van der Waals surface area contributed by atoms with Crippen LogP contribution in [0.15, 0.2) is 0 Å². The molecule has 0 radical (unpaired) electrons. The lowest BCUT2D eigenvalue weighted by atomic mass is 10.5. The van der Waals surface area contributed by atoms with Gasteiger partial charge in [0.05, 0.1) is 0 Å². The highest BCUT2D eigenvalue weighted by molar-refractivity contribution is 8.89. The predicted molar refractivity (Wildman–Crippen MR) is 77.0 cm³/mol. The van der Waals surface area contributed by atoms with Crippen LogP contribution in [0.25, 0.3) is 0 Å². The first kappa shape index (κ1) is 14.5. The molecule has 82 valence electrons. The Morgan fingerprint density at radius 1 is 0.929 bits per heavy atom. The van der Waals surface area contributed by atoms with Crippen molar-refractivity contribution in [2.75, 3.05) is 13.1 Å². The van der Waals surface area contributed by atoms with Gasteiger partial charge in [0.25, 0.3) is 0 Å². The minimum absolute atomic E-state index is 0.803. The Morgan fingerprint density at radius 3 is 1.57 bits per heavy atom. The SMILES string of the molecule is CCCNC(=S)SSC(=S)NCCC. The standard InChI is InChI=1S/C8H16N2S4/c1-3-5-9-7(11)13-14-8(12)10-6-4-2/h3-6H2,1-2H3,(H,9,11)(H,10,12). The zero-order valence-corrected chi connectivity index (χ0v) is 11.7. The summed E-state index contributed by atoms with van der Waals surface area (Å²) in [6.45, 7) is 6.09. The van der Waals surface area contributed by atoms with Gasteiger partial charge in [-0.2, -0.15) is 0 Å². The number of thiocarbonyl (C=S) groups is 2. The summed E-state index contributed by atoms with van der Waals surface area (Å²) in [5.41, 5.74) is 0. The zero-order valence-electron chi connectivity index (χ0n) is 8.46. The molecule has 0 unspecified atom stereocenters. The van der Waals surface area contributed by atoms with E-state index in [1.165, 1.54) is 21.6 Å². The van der Waals surface area contributed by atoms with Gasteiger partial charge in [-0.25, -0.2) is 0 Å². The van der Waals surface area contributed by atoms with Crippen molar-refractivity contribution in [2.24, 2.45) is 0 Å². The molecular weight excluding hydrogens is 252 g/mol.